The van der Waals surface area contributed by atoms with E-state index in [4.69, 9.17) is 0 Å². The lowest BCUT2D eigenvalue weighted by atomic mass is 10.2. The van der Waals surface area contributed by atoms with Crippen LogP contribution in [0.3, 0.4) is 0 Å². The maximum absolute atomic E-state index is 13.1. The van der Waals surface area contributed by atoms with Gasteiger partial charge in [0, 0.05) is 6.07 Å². The first-order valence-corrected chi connectivity index (χ1v) is 4.15. The van der Waals surface area contributed by atoms with Crippen LogP contribution in [0.2, 0.25) is 0 Å². The van der Waals surface area contributed by atoms with Gasteiger partial charge >= 0.3 is 12.1 Å². The van der Waals surface area contributed by atoms with E-state index in [1.165, 1.54) is 0 Å². The molecule has 1 aromatic rings. The largest absolute Gasteiger partial charge is 0.471 e. The fraction of sp³-hybridized carbons (Fsp3) is 0.125. The van der Waals surface area contributed by atoms with Crippen molar-refractivity contribution in [3.8, 4) is 0 Å². The Bertz CT molecular complexity index is 514. The number of benzene rings is 1. The van der Waals surface area contributed by atoms with Crippen LogP contribution < -0.4 is 5.32 Å². The number of nitrogens with zero attached hydrogens (tertiary/aromatic N) is 1. The highest BCUT2D eigenvalue weighted by Crippen LogP contribution is 2.30. The number of halogens is 5. The second kappa shape index (κ2) is 4.55. The summed E-state index contributed by atoms with van der Waals surface area (Å²) >= 11 is 0. The molecule has 0 radical (unpaired) electrons. The number of anilines is 1. The molecule has 5 nitrogen and oxygen atoms in total. The topological polar surface area (TPSA) is 72.2 Å². The molecule has 1 rings (SSSR count). The minimum Gasteiger partial charge on any atom is -0.310 e. The molecule has 0 spiro atoms. The van der Waals surface area contributed by atoms with E-state index in [0.29, 0.717) is 12.1 Å². The van der Waals surface area contributed by atoms with Gasteiger partial charge in [0.1, 0.15) is 0 Å². The summed E-state index contributed by atoms with van der Waals surface area (Å²) in [5, 5.41) is 11.3. The molecule has 1 amide bonds. The average molecular weight is 270 g/mol. The zero-order chi connectivity index (χ0) is 14.1. The summed E-state index contributed by atoms with van der Waals surface area (Å²) in [6.07, 6.45) is -5.38. The van der Waals surface area contributed by atoms with Crippen LogP contribution in [0.25, 0.3) is 0 Å². The van der Waals surface area contributed by atoms with Crippen molar-refractivity contribution in [3.63, 3.8) is 0 Å². The van der Waals surface area contributed by atoms with Crippen LogP contribution in [0.1, 0.15) is 0 Å². The minimum atomic E-state index is -5.38. The van der Waals surface area contributed by atoms with Crippen LogP contribution in [-0.4, -0.2) is 17.0 Å². The lowest BCUT2D eigenvalue weighted by molar-refractivity contribution is -0.384. The normalized spacial score (nSPS) is 11.2. The van der Waals surface area contributed by atoms with Gasteiger partial charge in [0.25, 0.3) is 5.69 Å². The van der Waals surface area contributed by atoms with E-state index >= 15 is 0 Å². The van der Waals surface area contributed by atoms with E-state index in [1.54, 1.807) is 0 Å². The van der Waals surface area contributed by atoms with Crippen LogP contribution in [0, 0.1) is 21.7 Å². The number of alkyl halides is 3. The van der Waals surface area contributed by atoms with Crippen molar-refractivity contribution >= 4 is 17.3 Å². The van der Waals surface area contributed by atoms with E-state index in [2.05, 4.69) is 0 Å². The summed E-state index contributed by atoms with van der Waals surface area (Å²) in [6.45, 7) is 0. The van der Waals surface area contributed by atoms with E-state index < -0.39 is 40.0 Å². The van der Waals surface area contributed by atoms with Crippen molar-refractivity contribution < 1.29 is 31.7 Å². The second-order valence-corrected chi connectivity index (χ2v) is 2.96. The summed E-state index contributed by atoms with van der Waals surface area (Å²) in [5.41, 5.74) is -2.66. The molecule has 0 fully saturated rings. The van der Waals surface area contributed by atoms with Crippen molar-refractivity contribution in [1.82, 2.24) is 0 Å². The van der Waals surface area contributed by atoms with Crippen molar-refractivity contribution in [2.24, 2.45) is 0 Å². The van der Waals surface area contributed by atoms with E-state index in [0.717, 1.165) is 5.32 Å². The molecule has 0 aliphatic heterocycles. The predicted octanol–water partition coefficient (Wildman–Crippen LogP) is 2.37. The Morgan fingerprint density at radius 1 is 1.28 bits per heavy atom. The van der Waals surface area contributed by atoms with Gasteiger partial charge in [0.2, 0.25) is 0 Å². The molecular formula is C8H3F5N2O3. The van der Waals surface area contributed by atoms with Crippen LogP contribution in [-0.2, 0) is 4.79 Å². The predicted molar refractivity (Wildman–Crippen MR) is 47.7 cm³/mol. The standard InChI is InChI=1S/C8H3F5N2O3/c9-3-1-2-4(15(17)18)6(5(3)10)14-7(16)8(11,12)13/h1-2H,(H,14,16). The third-order valence-corrected chi connectivity index (χ3v) is 1.77. The van der Waals surface area contributed by atoms with Crippen molar-refractivity contribution in [1.29, 1.82) is 0 Å². The lowest BCUT2D eigenvalue weighted by Gasteiger charge is -2.09. The molecule has 0 aliphatic rings. The number of hydrogen-bond acceptors (Lipinski definition) is 3. The molecule has 0 saturated heterocycles. The SMILES string of the molecule is O=C(Nc1c([N+](=O)[O-])ccc(F)c1F)C(F)(F)F. The molecule has 1 N–H and O–H groups in total. The number of nitrogens with one attached hydrogen (secondary N) is 1. The van der Waals surface area contributed by atoms with Crippen molar-refractivity contribution in [3.05, 3.63) is 33.9 Å². The Hall–Kier alpha value is -2.26. The van der Waals surface area contributed by atoms with E-state index in [1.807, 2.05) is 0 Å². The number of carbonyl (C=O) groups excluding carboxylic acids is 1. The molecule has 0 aromatic heterocycles. The van der Waals surface area contributed by atoms with Gasteiger partial charge < -0.3 is 5.32 Å². The molecule has 0 heterocycles. The zero-order valence-electron chi connectivity index (χ0n) is 8.22. The van der Waals surface area contributed by atoms with Gasteiger partial charge in [-0.25, -0.2) is 8.78 Å². The maximum Gasteiger partial charge on any atom is 0.471 e. The van der Waals surface area contributed by atoms with Gasteiger partial charge in [0.05, 0.1) is 4.92 Å². The molecule has 10 heteroatoms. The molecule has 0 bridgehead atoms. The molecular weight excluding hydrogens is 267 g/mol. The summed E-state index contributed by atoms with van der Waals surface area (Å²) in [6, 6.07) is 0.793. The number of rotatable bonds is 2. The monoisotopic (exact) mass is 270 g/mol. The number of hydrogen-bond donors (Lipinski definition) is 1. The molecule has 98 valence electrons. The van der Waals surface area contributed by atoms with Gasteiger partial charge in [-0.05, 0) is 6.07 Å². The fourth-order valence-electron chi connectivity index (χ4n) is 0.996. The molecule has 0 aliphatic carbocycles. The van der Waals surface area contributed by atoms with E-state index in [-0.39, 0.29) is 0 Å². The van der Waals surface area contributed by atoms with Gasteiger partial charge in [-0.2, -0.15) is 13.2 Å². The van der Waals surface area contributed by atoms with Gasteiger partial charge in [-0.3, -0.25) is 14.9 Å². The van der Waals surface area contributed by atoms with Crippen molar-refractivity contribution in [2.75, 3.05) is 5.32 Å². The Kier molecular flexibility index (Phi) is 3.49. The van der Waals surface area contributed by atoms with Gasteiger partial charge in [-0.1, -0.05) is 0 Å². The van der Waals surface area contributed by atoms with Gasteiger partial charge in [-0.15, -0.1) is 0 Å². The second-order valence-electron chi connectivity index (χ2n) is 2.96. The summed E-state index contributed by atoms with van der Waals surface area (Å²) in [5.74, 6) is -6.21. The number of amides is 1. The average Bonchev–Trinajstić information content (AvgIpc) is 2.23. The lowest BCUT2D eigenvalue weighted by Crippen LogP contribution is -2.30. The number of carbonyl (C=O) groups is 1. The minimum absolute atomic E-state index is 0.358. The Balaban J connectivity index is 3.26. The van der Waals surface area contributed by atoms with Crippen LogP contribution >= 0.6 is 0 Å². The maximum atomic E-state index is 13.1. The third-order valence-electron chi connectivity index (χ3n) is 1.77. The van der Waals surface area contributed by atoms with E-state index in [9.17, 15) is 36.9 Å². The van der Waals surface area contributed by atoms with Gasteiger partial charge in [0.15, 0.2) is 17.3 Å². The quantitative estimate of drug-likeness (QED) is 0.509. The van der Waals surface area contributed by atoms with Crippen LogP contribution in [0.5, 0.6) is 0 Å². The Morgan fingerprint density at radius 2 is 1.83 bits per heavy atom. The summed E-state index contributed by atoms with van der Waals surface area (Å²) < 4.78 is 61.6. The fourth-order valence-corrected chi connectivity index (χ4v) is 0.996. The Labute approximate surface area is 95.4 Å². The smallest absolute Gasteiger partial charge is 0.310 e. The molecule has 1 aromatic carbocycles. The first-order chi connectivity index (χ1) is 8.14. The first-order valence-electron chi connectivity index (χ1n) is 4.15. The number of nitro groups is 1. The zero-order valence-corrected chi connectivity index (χ0v) is 8.22. The molecule has 0 atom stereocenters. The van der Waals surface area contributed by atoms with Crippen LogP contribution in [0.15, 0.2) is 12.1 Å². The molecule has 0 saturated carbocycles. The highest BCUT2D eigenvalue weighted by molar-refractivity contribution is 5.96. The highest BCUT2D eigenvalue weighted by atomic mass is 19.4. The highest BCUT2D eigenvalue weighted by Gasteiger charge is 2.40. The number of nitro benzene ring substituents is 1. The summed E-state index contributed by atoms with van der Waals surface area (Å²) in [4.78, 5) is 19.7. The van der Waals surface area contributed by atoms with Crippen molar-refractivity contribution in [2.45, 2.75) is 6.18 Å². The van der Waals surface area contributed by atoms with Crippen LogP contribution in [0.4, 0.5) is 33.3 Å². The first kappa shape index (κ1) is 13.8. The summed E-state index contributed by atoms with van der Waals surface area (Å²) in [7, 11) is 0. The third kappa shape index (κ3) is 2.70. The molecule has 18 heavy (non-hydrogen) atoms. The molecule has 0 unspecified atom stereocenters. The Morgan fingerprint density at radius 3 is 2.28 bits per heavy atom.